The van der Waals surface area contributed by atoms with Crippen molar-refractivity contribution in [3.05, 3.63) is 27.1 Å². The molecule has 1 unspecified atom stereocenters. The number of methoxy groups -OCH3 is 1. The molecule has 0 spiro atoms. The van der Waals surface area contributed by atoms with E-state index in [0.29, 0.717) is 24.5 Å². The van der Waals surface area contributed by atoms with Gasteiger partial charge >= 0.3 is 0 Å². The number of nitrogens with one attached hydrogen (secondary N) is 1. The van der Waals surface area contributed by atoms with Crippen molar-refractivity contribution < 1.29 is 9.53 Å². The van der Waals surface area contributed by atoms with Gasteiger partial charge in [-0.1, -0.05) is 20.8 Å². The van der Waals surface area contributed by atoms with Crippen LogP contribution in [0.4, 0.5) is 0 Å². The predicted octanol–water partition coefficient (Wildman–Crippen LogP) is 2.37. The summed E-state index contributed by atoms with van der Waals surface area (Å²) in [6.45, 7) is 7.71. The smallest absolute Gasteiger partial charge is 0.262 e. The molecule has 7 heteroatoms. The van der Waals surface area contributed by atoms with Crippen molar-refractivity contribution in [1.29, 1.82) is 0 Å². The fourth-order valence-electron chi connectivity index (χ4n) is 3.56. The third kappa shape index (κ3) is 3.83. The topological polar surface area (TPSA) is 73.2 Å². The van der Waals surface area contributed by atoms with Gasteiger partial charge in [-0.3, -0.25) is 14.2 Å². The molecule has 0 aliphatic heterocycles. The first-order chi connectivity index (χ1) is 12.3. The van der Waals surface area contributed by atoms with Gasteiger partial charge in [-0.05, 0) is 36.2 Å². The number of ether oxygens (including phenoxy) is 1. The monoisotopic (exact) mass is 377 g/mol. The van der Waals surface area contributed by atoms with Crippen LogP contribution in [-0.4, -0.2) is 35.7 Å². The Hall–Kier alpha value is -1.73. The molecule has 2 aromatic rings. The number of hydrogen-bond acceptors (Lipinski definition) is 5. The van der Waals surface area contributed by atoms with Crippen LogP contribution in [0.1, 0.15) is 37.6 Å². The first kappa shape index (κ1) is 19.0. The molecule has 1 amide bonds. The van der Waals surface area contributed by atoms with E-state index in [0.717, 1.165) is 29.7 Å². The molecule has 1 aliphatic carbocycles. The number of aryl methyl sites for hydroxylation is 1. The maximum Gasteiger partial charge on any atom is 0.262 e. The molecule has 6 nitrogen and oxygen atoms in total. The summed E-state index contributed by atoms with van der Waals surface area (Å²) in [5, 5.41) is 3.45. The molecule has 142 valence electrons. The molecule has 0 aromatic carbocycles. The molecule has 2 aromatic heterocycles. The standard InChI is InChI=1S/C19H27N3O3S/c1-19(2,3)12-5-6-13-14(9-12)26-17-16(13)18(24)22(11-21-17)10-15(23)20-7-8-25-4/h11-12H,5-10H2,1-4H3,(H,20,23). The molecule has 0 radical (unpaired) electrons. The molecule has 1 N–H and O–H groups in total. The summed E-state index contributed by atoms with van der Waals surface area (Å²) in [5.41, 5.74) is 1.31. The minimum Gasteiger partial charge on any atom is -0.383 e. The van der Waals surface area contributed by atoms with E-state index in [1.807, 2.05) is 0 Å². The lowest BCUT2D eigenvalue weighted by molar-refractivity contribution is -0.121. The van der Waals surface area contributed by atoms with Crippen LogP contribution in [0, 0.1) is 11.3 Å². The predicted molar refractivity (Wildman–Crippen MR) is 104 cm³/mol. The van der Waals surface area contributed by atoms with E-state index < -0.39 is 0 Å². The van der Waals surface area contributed by atoms with E-state index in [1.54, 1.807) is 18.4 Å². The van der Waals surface area contributed by atoms with Crippen molar-refractivity contribution in [2.45, 2.75) is 46.6 Å². The van der Waals surface area contributed by atoms with E-state index in [1.165, 1.54) is 15.8 Å². The normalized spacial score (nSPS) is 17.3. The first-order valence-corrected chi connectivity index (χ1v) is 9.88. The zero-order valence-corrected chi connectivity index (χ0v) is 16.7. The van der Waals surface area contributed by atoms with Gasteiger partial charge in [0.15, 0.2) is 0 Å². The maximum atomic E-state index is 12.9. The largest absolute Gasteiger partial charge is 0.383 e. The van der Waals surface area contributed by atoms with Crippen LogP contribution < -0.4 is 10.9 Å². The molecular weight excluding hydrogens is 350 g/mol. The fraction of sp³-hybridized carbons (Fsp3) is 0.632. The number of nitrogens with zero attached hydrogens (tertiary/aromatic N) is 2. The van der Waals surface area contributed by atoms with Gasteiger partial charge in [-0.15, -0.1) is 11.3 Å². The molecule has 3 rings (SSSR count). The number of carbonyl (C=O) groups is 1. The minimum atomic E-state index is -0.206. The van der Waals surface area contributed by atoms with E-state index in [-0.39, 0.29) is 23.4 Å². The number of rotatable bonds is 5. The molecule has 1 atom stereocenters. The summed E-state index contributed by atoms with van der Waals surface area (Å²) in [7, 11) is 1.58. The van der Waals surface area contributed by atoms with Crippen molar-refractivity contribution in [1.82, 2.24) is 14.9 Å². The number of amides is 1. The minimum absolute atomic E-state index is 0.0132. The second kappa shape index (κ2) is 7.48. The molecule has 0 saturated heterocycles. The van der Waals surface area contributed by atoms with Crippen molar-refractivity contribution >= 4 is 27.5 Å². The summed E-state index contributed by atoms with van der Waals surface area (Å²) in [4.78, 5) is 31.5. The van der Waals surface area contributed by atoms with Crippen molar-refractivity contribution in [2.75, 3.05) is 20.3 Å². The summed E-state index contributed by atoms with van der Waals surface area (Å²) in [6, 6.07) is 0. The van der Waals surface area contributed by atoms with Crippen LogP contribution in [0.25, 0.3) is 10.2 Å². The van der Waals surface area contributed by atoms with E-state index in [4.69, 9.17) is 4.74 Å². The average molecular weight is 378 g/mol. The van der Waals surface area contributed by atoms with Crippen molar-refractivity contribution in [3.8, 4) is 0 Å². The number of hydrogen-bond donors (Lipinski definition) is 1. The lowest BCUT2D eigenvalue weighted by atomic mass is 9.72. The third-order valence-corrected chi connectivity index (χ3v) is 6.37. The van der Waals surface area contributed by atoms with Crippen LogP contribution in [-0.2, 0) is 28.9 Å². The Morgan fingerprint density at radius 1 is 1.46 bits per heavy atom. The van der Waals surface area contributed by atoms with Crippen LogP contribution in [0.2, 0.25) is 0 Å². The van der Waals surface area contributed by atoms with Crippen LogP contribution in [0.3, 0.4) is 0 Å². The Kier molecular flexibility index (Phi) is 5.48. The fourth-order valence-corrected chi connectivity index (χ4v) is 4.81. The van der Waals surface area contributed by atoms with Gasteiger partial charge in [0.2, 0.25) is 5.91 Å². The van der Waals surface area contributed by atoms with Gasteiger partial charge in [0.05, 0.1) is 18.3 Å². The molecule has 0 saturated carbocycles. The highest BCUT2D eigenvalue weighted by Gasteiger charge is 2.31. The van der Waals surface area contributed by atoms with Crippen molar-refractivity contribution in [3.63, 3.8) is 0 Å². The lowest BCUT2D eigenvalue weighted by Crippen LogP contribution is -2.34. The molecule has 1 aliphatic rings. The summed E-state index contributed by atoms with van der Waals surface area (Å²) in [6.07, 6.45) is 4.51. The average Bonchev–Trinajstić information content (AvgIpc) is 2.95. The molecule has 0 fully saturated rings. The number of thiophene rings is 1. The van der Waals surface area contributed by atoms with Gasteiger partial charge in [-0.2, -0.15) is 0 Å². The van der Waals surface area contributed by atoms with Gasteiger partial charge in [0.1, 0.15) is 11.4 Å². The van der Waals surface area contributed by atoms with Gasteiger partial charge < -0.3 is 10.1 Å². The number of carbonyl (C=O) groups excluding carboxylic acids is 1. The Balaban J connectivity index is 1.86. The highest BCUT2D eigenvalue weighted by Crippen LogP contribution is 2.41. The second-order valence-corrected chi connectivity index (χ2v) is 9.09. The second-order valence-electron chi connectivity index (χ2n) is 8.01. The SMILES string of the molecule is COCCNC(=O)Cn1cnc2sc3c(c2c1=O)CCC(C(C)(C)C)C3. The summed E-state index contributed by atoms with van der Waals surface area (Å²) >= 11 is 1.64. The number of fused-ring (bicyclic) bond motifs is 3. The molecule has 2 heterocycles. The Bertz CT molecular complexity index is 863. The third-order valence-electron chi connectivity index (χ3n) is 5.20. The van der Waals surface area contributed by atoms with Crippen LogP contribution >= 0.6 is 11.3 Å². The maximum absolute atomic E-state index is 12.9. The quantitative estimate of drug-likeness (QED) is 0.812. The highest BCUT2D eigenvalue weighted by molar-refractivity contribution is 7.18. The van der Waals surface area contributed by atoms with Crippen molar-refractivity contribution in [2.24, 2.45) is 11.3 Å². The van der Waals surface area contributed by atoms with E-state index in [9.17, 15) is 9.59 Å². The van der Waals surface area contributed by atoms with Gasteiger partial charge in [0, 0.05) is 18.5 Å². The van der Waals surface area contributed by atoms with Gasteiger partial charge in [-0.25, -0.2) is 4.98 Å². The Labute approximate surface area is 157 Å². The molecule has 26 heavy (non-hydrogen) atoms. The van der Waals surface area contributed by atoms with Gasteiger partial charge in [0.25, 0.3) is 5.56 Å². The molecular formula is C19H27N3O3S. The Morgan fingerprint density at radius 2 is 2.23 bits per heavy atom. The van der Waals surface area contributed by atoms with E-state index in [2.05, 4.69) is 31.1 Å². The number of aromatic nitrogens is 2. The summed E-state index contributed by atoms with van der Waals surface area (Å²) in [5.74, 6) is 0.416. The zero-order valence-electron chi connectivity index (χ0n) is 15.9. The first-order valence-electron chi connectivity index (χ1n) is 9.06. The Morgan fingerprint density at radius 3 is 2.92 bits per heavy atom. The van der Waals surface area contributed by atoms with Crippen LogP contribution in [0.5, 0.6) is 0 Å². The highest BCUT2D eigenvalue weighted by atomic mass is 32.1. The van der Waals surface area contributed by atoms with Crippen LogP contribution in [0.15, 0.2) is 11.1 Å². The molecule has 0 bridgehead atoms. The van der Waals surface area contributed by atoms with E-state index >= 15 is 0 Å². The zero-order chi connectivity index (χ0) is 18.9. The summed E-state index contributed by atoms with van der Waals surface area (Å²) < 4.78 is 6.32. The lowest BCUT2D eigenvalue weighted by Gasteiger charge is -2.33.